The van der Waals surface area contributed by atoms with Crippen LogP contribution in [0, 0.1) is 12.8 Å². The molecule has 0 fully saturated rings. The molecule has 3 rings (SSSR count). The largest absolute Gasteiger partial charge is 0.497 e. The van der Waals surface area contributed by atoms with Crippen LogP contribution in [0.15, 0.2) is 35.7 Å². The molecular formula is C24H31N3O2S. The second kappa shape index (κ2) is 9.47. The minimum Gasteiger partial charge on any atom is -0.497 e. The molecule has 30 heavy (non-hydrogen) atoms. The van der Waals surface area contributed by atoms with Crippen LogP contribution >= 0.6 is 11.3 Å². The monoisotopic (exact) mass is 425 g/mol. The Morgan fingerprint density at radius 3 is 2.53 bits per heavy atom. The van der Waals surface area contributed by atoms with E-state index in [-0.39, 0.29) is 11.9 Å². The van der Waals surface area contributed by atoms with Crippen molar-refractivity contribution >= 4 is 17.2 Å². The van der Waals surface area contributed by atoms with Crippen molar-refractivity contribution in [1.29, 1.82) is 0 Å². The number of ether oxygens (including phenoxy) is 1. The number of thiazole rings is 1. The number of carbonyl (C=O) groups excluding carboxylic acids is 1. The number of amides is 1. The molecule has 5 nitrogen and oxygen atoms in total. The minimum atomic E-state index is -0.0174. The van der Waals surface area contributed by atoms with Crippen molar-refractivity contribution in [2.24, 2.45) is 5.92 Å². The summed E-state index contributed by atoms with van der Waals surface area (Å²) in [4.78, 5) is 17.7. The van der Waals surface area contributed by atoms with Crippen LogP contribution in [0.4, 0.5) is 0 Å². The zero-order valence-electron chi connectivity index (χ0n) is 18.7. The zero-order chi connectivity index (χ0) is 21.8. The number of methoxy groups -OCH3 is 1. The molecule has 2 heterocycles. The molecule has 1 aromatic carbocycles. The third-order valence-corrected chi connectivity index (χ3v) is 6.14. The summed E-state index contributed by atoms with van der Waals surface area (Å²) >= 11 is 1.61. The number of aromatic nitrogens is 2. The Hall–Kier alpha value is -2.60. The number of nitrogens with zero attached hydrogens (tertiary/aromatic N) is 2. The molecule has 0 aliphatic rings. The average Bonchev–Trinajstić information content (AvgIpc) is 3.33. The average molecular weight is 426 g/mol. The fourth-order valence-corrected chi connectivity index (χ4v) is 4.17. The Morgan fingerprint density at radius 2 is 1.93 bits per heavy atom. The number of hydrogen-bond donors (Lipinski definition) is 1. The predicted octanol–water partition coefficient (Wildman–Crippen LogP) is 5.78. The maximum atomic E-state index is 12.9. The first-order valence-electron chi connectivity index (χ1n) is 10.4. The van der Waals surface area contributed by atoms with Crippen LogP contribution in [0.5, 0.6) is 5.75 Å². The van der Waals surface area contributed by atoms with Crippen molar-refractivity contribution in [2.75, 3.05) is 7.11 Å². The lowest BCUT2D eigenvalue weighted by Gasteiger charge is -2.14. The highest BCUT2D eigenvalue weighted by molar-refractivity contribution is 7.13. The molecule has 0 saturated carbocycles. The van der Waals surface area contributed by atoms with E-state index in [1.807, 2.05) is 44.2 Å². The Balaban J connectivity index is 1.98. The third-order valence-electron chi connectivity index (χ3n) is 5.25. The summed E-state index contributed by atoms with van der Waals surface area (Å²) in [6.45, 7) is 11.3. The van der Waals surface area contributed by atoms with E-state index < -0.39 is 0 Å². The second-order valence-corrected chi connectivity index (χ2v) is 8.94. The summed E-state index contributed by atoms with van der Waals surface area (Å²) in [6.07, 6.45) is 0.904. The van der Waals surface area contributed by atoms with Gasteiger partial charge in [0.25, 0.3) is 5.91 Å². The molecule has 0 spiro atoms. The number of carbonyl (C=O) groups is 1. The zero-order valence-corrected chi connectivity index (χ0v) is 19.5. The number of hydrogen-bond acceptors (Lipinski definition) is 4. The molecule has 0 bridgehead atoms. The van der Waals surface area contributed by atoms with Gasteiger partial charge in [0.1, 0.15) is 10.8 Å². The highest BCUT2D eigenvalue weighted by Gasteiger charge is 2.21. The van der Waals surface area contributed by atoms with E-state index in [0.717, 1.165) is 51.9 Å². The normalized spacial score (nSPS) is 12.2. The predicted molar refractivity (Wildman–Crippen MR) is 124 cm³/mol. The van der Waals surface area contributed by atoms with Crippen LogP contribution in [-0.2, 0) is 6.54 Å². The summed E-state index contributed by atoms with van der Waals surface area (Å²) in [5.41, 5.74) is 4.66. The summed E-state index contributed by atoms with van der Waals surface area (Å²) in [5, 5.41) is 6.11. The first-order chi connectivity index (χ1) is 14.3. The summed E-state index contributed by atoms with van der Waals surface area (Å²) in [6, 6.07) is 10.1. The third kappa shape index (κ3) is 4.75. The molecule has 0 radical (unpaired) electrons. The van der Waals surface area contributed by atoms with Crippen molar-refractivity contribution < 1.29 is 9.53 Å². The smallest absolute Gasteiger partial charge is 0.253 e. The minimum absolute atomic E-state index is 0.0174. The van der Waals surface area contributed by atoms with Crippen LogP contribution in [0.25, 0.3) is 22.0 Å². The fraction of sp³-hybridized carbons (Fsp3) is 0.417. The Labute approximate surface area is 183 Å². The van der Waals surface area contributed by atoms with Crippen molar-refractivity contribution in [2.45, 2.75) is 53.6 Å². The van der Waals surface area contributed by atoms with Crippen LogP contribution < -0.4 is 10.1 Å². The molecule has 1 N–H and O–H groups in total. The van der Waals surface area contributed by atoms with Crippen molar-refractivity contribution in [3.63, 3.8) is 0 Å². The topological polar surface area (TPSA) is 56.1 Å². The van der Waals surface area contributed by atoms with Crippen molar-refractivity contribution in [3.05, 3.63) is 47.0 Å². The Morgan fingerprint density at radius 1 is 1.23 bits per heavy atom. The van der Waals surface area contributed by atoms with Gasteiger partial charge in [-0.1, -0.05) is 20.8 Å². The highest BCUT2D eigenvalue weighted by atomic mass is 32.1. The standard InChI is InChI=1S/C24H31N3O2S/c1-7-16(4)25-23(28)20-12-22(27(17(20)5)13-15(2)3)21-14-30-24(26-21)18-8-10-19(29-6)11-9-18/h8-12,14-16H,7,13H2,1-6H3,(H,25,28). The molecule has 0 aliphatic carbocycles. The van der Waals surface area contributed by atoms with Gasteiger partial charge in [-0.3, -0.25) is 4.79 Å². The highest BCUT2D eigenvalue weighted by Crippen LogP contribution is 2.32. The summed E-state index contributed by atoms with van der Waals surface area (Å²) < 4.78 is 7.47. The van der Waals surface area contributed by atoms with Crippen LogP contribution in [0.3, 0.4) is 0 Å². The van der Waals surface area contributed by atoms with Gasteiger partial charge in [-0.15, -0.1) is 11.3 Å². The maximum Gasteiger partial charge on any atom is 0.253 e. The quantitative estimate of drug-likeness (QED) is 0.498. The molecular weight excluding hydrogens is 394 g/mol. The van der Waals surface area contributed by atoms with Gasteiger partial charge in [-0.05, 0) is 56.5 Å². The molecule has 1 unspecified atom stereocenters. The second-order valence-electron chi connectivity index (χ2n) is 8.08. The van der Waals surface area contributed by atoms with Gasteiger partial charge in [0.15, 0.2) is 0 Å². The Kier molecular flexibility index (Phi) is 6.98. The first-order valence-corrected chi connectivity index (χ1v) is 11.3. The van der Waals surface area contributed by atoms with E-state index in [1.54, 1.807) is 18.4 Å². The molecule has 1 atom stereocenters. The van der Waals surface area contributed by atoms with Gasteiger partial charge in [-0.25, -0.2) is 4.98 Å². The number of benzene rings is 1. The molecule has 6 heteroatoms. The number of rotatable bonds is 8. The van der Waals surface area contributed by atoms with E-state index in [4.69, 9.17) is 9.72 Å². The fourth-order valence-electron chi connectivity index (χ4n) is 3.35. The maximum absolute atomic E-state index is 12.9. The van der Waals surface area contributed by atoms with Crippen molar-refractivity contribution in [1.82, 2.24) is 14.9 Å². The van der Waals surface area contributed by atoms with Crippen LogP contribution in [0.1, 0.15) is 50.2 Å². The van der Waals surface area contributed by atoms with E-state index in [0.29, 0.717) is 5.92 Å². The van der Waals surface area contributed by atoms with Gasteiger partial charge in [-0.2, -0.15) is 0 Å². The van der Waals surface area contributed by atoms with Crippen LogP contribution in [0.2, 0.25) is 0 Å². The van der Waals surface area contributed by atoms with Gasteiger partial charge in [0.2, 0.25) is 0 Å². The van der Waals surface area contributed by atoms with E-state index >= 15 is 0 Å². The Bertz CT molecular complexity index is 1000. The lowest BCUT2D eigenvalue weighted by molar-refractivity contribution is 0.0938. The number of nitrogens with one attached hydrogen (secondary N) is 1. The van der Waals surface area contributed by atoms with E-state index in [9.17, 15) is 4.79 Å². The lowest BCUT2D eigenvalue weighted by atomic mass is 10.2. The molecule has 1 amide bonds. The summed E-state index contributed by atoms with van der Waals surface area (Å²) in [5.74, 6) is 1.27. The summed E-state index contributed by atoms with van der Waals surface area (Å²) in [7, 11) is 1.66. The van der Waals surface area contributed by atoms with Crippen LogP contribution in [-0.4, -0.2) is 28.6 Å². The first kappa shape index (κ1) is 22.1. The van der Waals surface area contributed by atoms with Gasteiger partial charge in [0, 0.05) is 29.2 Å². The molecule has 3 aromatic rings. The lowest BCUT2D eigenvalue weighted by Crippen LogP contribution is -2.32. The SMILES string of the molecule is CCC(C)NC(=O)c1cc(-c2csc(-c3ccc(OC)cc3)n2)n(CC(C)C)c1C. The molecule has 0 saturated heterocycles. The molecule has 160 valence electrons. The van der Waals surface area contributed by atoms with Gasteiger partial charge in [0.05, 0.1) is 24.1 Å². The van der Waals surface area contributed by atoms with Gasteiger partial charge >= 0.3 is 0 Å². The van der Waals surface area contributed by atoms with E-state index in [2.05, 4.69) is 36.0 Å². The van der Waals surface area contributed by atoms with Crippen molar-refractivity contribution in [3.8, 4) is 27.7 Å². The molecule has 0 aliphatic heterocycles. The molecule has 2 aromatic heterocycles. The van der Waals surface area contributed by atoms with Gasteiger partial charge < -0.3 is 14.6 Å². The van der Waals surface area contributed by atoms with E-state index in [1.165, 1.54) is 0 Å².